The summed E-state index contributed by atoms with van der Waals surface area (Å²) in [6.07, 6.45) is 5.66. The van der Waals surface area contributed by atoms with Crippen LogP contribution in [0.25, 0.3) is 11.0 Å². The van der Waals surface area contributed by atoms with Gasteiger partial charge in [-0.05, 0) is 31.4 Å². The predicted molar refractivity (Wildman–Crippen MR) is 94.0 cm³/mol. The molecule has 1 aromatic carbocycles. The Hall–Kier alpha value is -2.70. The normalized spacial score (nSPS) is 18.0. The highest BCUT2D eigenvalue weighted by atomic mass is 16.2. The van der Waals surface area contributed by atoms with E-state index >= 15 is 0 Å². The van der Waals surface area contributed by atoms with Crippen molar-refractivity contribution in [1.82, 2.24) is 29.6 Å². The highest BCUT2D eigenvalue weighted by molar-refractivity contribution is 5.79. The van der Waals surface area contributed by atoms with E-state index in [4.69, 9.17) is 4.98 Å². The number of imidazole rings is 1. The zero-order valence-corrected chi connectivity index (χ0v) is 14.4. The first-order valence-corrected chi connectivity index (χ1v) is 8.76. The van der Waals surface area contributed by atoms with Crippen LogP contribution < -0.4 is 0 Å². The fourth-order valence-electron chi connectivity index (χ4n) is 3.53. The molecule has 1 amide bonds. The molecule has 2 aromatic heterocycles. The number of para-hydroxylation sites is 1. The van der Waals surface area contributed by atoms with Crippen LogP contribution in [0.15, 0.2) is 30.9 Å². The number of aromatic nitrogens is 5. The van der Waals surface area contributed by atoms with E-state index < -0.39 is 0 Å². The molecule has 7 heteroatoms. The number of hydrogen-bond donors (Lipinski definition) is 1. The molecular formula is C18H22N6O. The molecule has 1 fully saturated rings. The molecule has 0 unspecified atom stereocenters. The lowest BCUT2D eigenvalue weighted by molar-refractivity contribution is -0.132. The van der Waals surface area contributed by atoms with Crippen molar-refractivity contribution < 1.29 is 4.79 Å². The predicted octanol–water partition coefficient (Wildman–Crippen LogP) is 2.26. The molecule has 1 aliphatic heterocycles. The van der Waals surface area contributed by atoms with Crippen LogP contribution in [0.1, 0.15) is 36.6 Å². The number of amides is 1. The first-order valence-electron chi connectivity index (χ1n) is 8.76. The molecule has 4 rings (SSSR count). The Morgan fingerprint density at radius 3 is 3.12 bits per heavy atom. The van der Waals surface area contributed by atoms with Gasteiger partial charge >= 0.3 is 0 Å². The maximum absolute atomic E-state index is 12.5. The number of aromatic amines is 1. The Balaban J connectivity index is 1.44. The lowest BCUT2D eigenvalue weighted by Crippen LogP contribution is -2.39. The van der Waals surface area contributed by atoms with Crippen molar-refractivity contribution in [3.8, 4) is 0 Å². The number of nitrogens with one attached hydrogen (secondary N) is 1. The van der Waals surface area contributed by atoms with Gasteiger partial charge in [-0.3, -0.25) is 9.48 Å². The Morgan fingerprint density at radius 2 is 2.32 bits per heavy atom. The minimum atomic E-state index is 0.174. The number of benzene rings is 1. The number of H-pyrrole nitrogens is 1. The molecule has 0 spiro atoms. The molecule has 3 aromatic rings. The second-order valence-corrected chi connectivity index (χ2v) is 6.68. The summed E-state index contributed by atoms with van der Waals surface area (Å²) in [5, 5.41) is 4.05. The van der Waals surface area contributed by atoms with Crippen LogP contribution in [0.2, 0.25) is 0 Å². The van der Waals surface area contributed by atoms with E-state index in [0.29, 0.717) is 13.0 Å². The second-order valence-electron chi connectivity index (χ2n) is 6.68. The van der Waals surface area contributed by atoms with Gasteiger partial charge in [0.25, 0.3) is 0 Å². The number of piperidine rings is 1. The highest BCUT2D eigenvalue weighted by Gasteiger charge is 2.26. The third-order valence-corrected chi connectivity index (χ3v) is 4.91. The topological polar surface area (TPSA) is 79.7 Å². The van der Waals surface area contributed by atoms with Crippen molar-refractivity contribution >= 4 is 16.9 Å². The summed E-state index contributed by atoms with van der Waals surface area (Å²) in [4.78, 5) is 26.6. The summed E-state index contributed by atoms with van der Waals surface area (Å²) in [6.45, 7) is 4.21. The van der Waals surface area contributed by atoms with Gasteiger partial charge in [0, 0.05) is 25.4 Å². The summed E-state index contributed by atoms with van der Waals surface area (Å²) in [7, 11) is 0. The molecule has 1 N–H and O–H groups in total. The van der Waals surface area contributed by atoms with Crippen LogP contribution in [-0.2, 0) is 11.3 Å². The molecular weight excluding hydrogens is 316 g/mol. The molecule has 0 radical (unpaired) electrons. The van der Waals surface area contributed by atoms with Gasteiger partial charge < -0.3 is 9.88 Å². The molecule has 130 valence electrons. The van der Waals surface area contributed by atoms with Gasteiger partial charge in [-0.1, -0.05) is 12.1 Å². The van der Waals surface area contributed by atoms with Crippen LogP contribution in [0.3, 0.4) is 0 Å². The van der Waals surface area contributed by atoms with Crippen LogP contribution in [0.4, 0.5) is 0 Å². The van der Waals surface area contributed by atoms with E-state index in [1.165, 1.54) is 11.9 Å². The number of rotatable bonds is 4. The molecule has 0 aliphatic carbocycles. The van der Waals surface area contributed by atoms with Crippen molar-refractivity contribution in [3.05, 3.63) is 42.2 Å². The quantitative estimate of drug-likeness (QED) is 0.791. The molecule has 1 aliphatic rings. The van der Waals surface area contributed by atoms with E-state index in [-0.39, 0.29) is 11.8 Å². The molecule has 1 saturated heterocycles. The average Bonchev–Trinajstić information content (AvgIpc) is 3.30. The van der Waals surface area contributed by atoms with Crippen molar-refractivity contribution in [2.24, 2.45) is 0 Å². The Bertz CT molecular complexity index is 869. The number of hydrogen-bond acceptors (Lipinski definition) is 4. The second kappa shape index (κ2) is 6.66. The standard InChI is InChI=1S/C18H22N6O/c1-13-4-2-6-15-17(13)22-18(21-15)14-5-3-8-23(10-14)16(25)7-9-24-12-19-11-20-24/h2,4,6,11-12,14H,3,5,7-10H2,1H3,(H,21,22)/t14-/m0/s1. The molecule has 0 bridgehead atoms. The van der Waals surface area contributed by atoms with E-state index in [1.54, 1.807) is 11.0 Å². The summed E-state index contributed by atoms with van der Waals surface area (Å²) in [5.41, 5.74) is 3.29. The first kappa shape index (κ1) is 15.8. The number of aryl methyl sites for hydroxylation is 2. The third kappa shape index (κ3) is 3.26. The van der Waals surface area contributed by atoms with Gasteiger partial charge in [0.1, 0.15) is 18.5 Å². The molecule has 7 nitrogen and oxygen atoms in total. The van der Waals surface area contributed by atoms with Crippen molar-refractivity contribution in [2.75, 3.05) is 13.1 Å². The maximum Gasteiger partial charge on any atom is 0.224 e. The summed E-state index contributed by atoms with van der Waals surface area (Å²) >= 11 is 0. The first-order chi connectivity index (χ1) is 12.2. The fourth-order valence-corrected chi connectivity index (χ4v) is 3.53. The monoisotopic (exact) mass is 338 g/mol. The summed E-state index contributed by atoms with van der Waals surface area (Å²) in [5.74, 6) is 1.45. The minimum Gasteiger partial charge on any atom is -0.342 e. The Labute approximate surface area is 146 Å². The van der Waals surface area contributed by atoms with Gasteiger partial charge in [0.05, 0.1) is 17.6 Å². The van der Waals surface area contributed by atoms with Crippen molar-refractivity contribution in [1.29, 1.82) is 0 Å². The van der Waals surface area contributed by atoms with Crippen molar-refractivity contribution in [2.45, 2.75) is 38.6 Å². The van der Waals surface area contributed by atoms with Gasteiger partial charge in [-0.15, -0.1) is 0 Å². The van der Waals surface area contributed by atoms with Crippen LogP contribution in [0.5, 0.6) is 0 Å². The summed E-state index contributed by atoms with van der Waals surface area (Å²) < 4.78 is 1.70. The fraction of sp³-hybridized carbons (Fsp3) is 0.444. The van der Waals surface area contributed by atoms with Gasteiger partial charge in [0.15, 0.2) is 0 Å². The van der Waals surface area contributed by atoms with Crippen LogP contribution in [-0.4, -0.2) is 48.6 Å². The lowest BCUT2D eigenvalue weighted by Gasteiger charge is -2.32. The third-order valence-electron chi connectivity index (χ3n) is 4.91. The highest BCUT2D eigenvalue weighted by Crippen LogP contribution is 2.27. The molecule has 25 heavy (non-hydrogen) atoms. The lowest BCUT2D eigenvalue weighted by atomic mass is 9.97. The zero-order chi connectivity index (χ0) is 17.2. The maximum atomic E-state index is 12.5. The van der Waals surface area contributed by atoms with Crippen LogP contribution >= 0.6 is 0 Å². The van der Waals surface area contributed by atoms with E-state index in [0.717, 1.165) is 42.8 Å². The van der Waals surface area contributed by atoms with Gasteiger partial charge in [0.2, 0.25) is 5.91 Å². The molecule has 3 heterocycles. The molecule has 1 atom stereocenters. The van der Waals surface area contributed by atoms with Crippen molar-refractivity contribution in [3.63, 3.8) is 0 Å². The van der Waals surface area contributed by atoms with E-state index in [2.05, 4.69) is 34.1 Å². The largest absolute Gasteiger partial charge is 0.342 e. The van der Waals surface area contributed by atoms with E-state index in [1.807, 2.05) is 11.0 Å². The average molecular weight is 338 g/mol. The number of carbonyl (C=O) groups excluding carboxylic acids is 1. The number of likely N-dealkylation sites (tertiary alicyclic amines) is 1. The number of fused-ring (bicyclic) bond motifs is 1. The van der Waals surface area contributed by atoms with Crippen LogP contribution in [0, 0.1) is 6.92 Å². The summed E-state index contributed by atoms with van der Waals surface area (Å²) in [6, 6.07) is 6.18. The number of nitrogens with zero attached hydrogens (tertiary/aromatic N) is 5. The zero-order valence-electron chi connectivity index (χ0n) is 14.4. The smallest absolute Gasteiger partial charge is 0.224 e. The van der Waals surface area contributed by atoms with Gasteiger partial charge in [-0.2, -0.15) is 5.10 Å². The minimum absolute atomic E-state index is 0.174. The van der Waals surface area contributed by atoms with E-state index in [9.17, 15) is 4.79 Å². The van der Waals surface area contributed by atoms with Gasteiger partial charge in [-0.25, -0.2) is 9.97 Å². The SMILES string of the molecule is Cc1cccc2[nH]c([C@H]3CCCN(C(=O)CCn4cncn4)C3)nc12. The molecule has 0 saturated carbocycles. The Kier molecular flexibility index (Phi) is 4.21. The Morgan fingerprint density at radius 1 is 1.40 bits per heavy atom. The number of carbonyl (C=O) groups is 1.